The van der Waals surface area contributed by atoms with Gasteiger partial charge in [-0.3, -0.25) is 0 Å². The minimum atomic E-state index is 0.595. The Morgan fingerprint density at radius 3 is 1.47 bits per heavy atom. The van der Waals surface area contributed by atoms with E-state index in [2.05, 4.69) is 223 Å². The zero-order chi connectivity index (χ0) is 44.5. The van der Waals surface area contributed by atoms with E-state index in [9.17, 15) is 0 Å². The van der Waals surface area contributed by atoms with Crippen molar-refractivity contribution >= 4 is 108 Å². The lowest BCUT2D eigenvalue weighted by Crippen LogP contribution is -2.01. The molecule has 5 heteroatoms. The normalized spacial score (nSPS) is 12.1. The summed E-state index contributed by atoms with van der Waals surface area (Å²) in [5.74, 6) is 1.84. The van der Waals surface area contributed by atoms with Gasteiger partial charge in [-0.25, -0.2) is 15.0 Å². The number of benzene rings is 12. The van der Waals surface area contributed by atoms with Crippen molar-refractivity contribution in [3.8, 4) is 39.9 Å². The van der Waals surface area contributed by atoms with Gasteiger partial charge in [0.25, 0.3) is 0 Å². The second kappa shape index (κ2) is 14.2. The van der Waals surface area contributed by atoms with Crippen LogP contribution in [-0.2, 0) is 0 Å². The van der Waals surface area contributed by atoms with Crippen molar-refractivity contribution in [3.05, 3.63) is 218 Å². The summed E-state index contributed by atoms with van der Waals surface area (Å²) in [5.41, 5.74) is 7.77. The summed E-state index contributed by atoms with van der Waals surface area (Å²) in [6.45, 7) is 0. The monoisotopic (exact) mass is 864 g/mol. The molecule has 0 saturated carbocycles. The fourth-order valence-corrected chi connectivity index (χ4v) is 10.9. The Morgan fingerprint density at radius 2 is 0.794 bits per heavy atom. The largest absolute Gasteiger partial charge is 0.456 e. The van der Waals surface area contributed by atoms with Crippen molar-refractivity contribution < 1.29 is 4.42 Å². The molecule has 0 amide bonds. The van der Waals surface area contributed by atoms with E-state index in [1.165, 1.54) is 43.1 Å². The maximum absolute atomic E-state index is 6.90. The van der Waals surface area contributed by atoms with Crippen LogP contribution in [0.25, 0.3) is 148 Å². The van der Waals surface area contributed by atoms with E-state index in [0.717, 1.165) is 87.7 Å². The quantitative estimate of drug-likeness (QED) is 0.165. The van der Waals surface area contributed by atoms with Crippen molar-refractivity contribution in [1.82, 2.24) is 19.5 Å². The first-order valence-corrected chi connectivity index (χ1v) is 23.1. The highest BCUT2D eigenvalue weighted by atomic mass is 16.3. The van der Waals surface area contributed by atoms with Gasteiger partial charge in [-0.15, -0.1) is 0 Å². The molecule has 0 spiro atoms. The summed E-state index contributed by atoms with van der Waals surface area (Å²) < 4.78 is 9.35. The Labute approximate surface area is 388 Å². The van der Waals surface area contributed by atoms with Crippen LogP contribution in [0, 0.1) is 0 Å². The maximum atomic E-state index is 6.90. The molecule has 0 aliphatic rings. The summed E-state index contributed by atoms with van der Waals surface area (Å²) in [6.07, 6.45) is 0. The van der Waals surface area contributed by atoms with Crippen molar-refractivity contribution in [1.29, 1.82) is 0 Å². The van der Waals surface area contributed by atoms with Crippen LogP contribution in [0.1, 0.15) is 0 Å². The van der Waals surface area contributed by atoms with E-state index in [0.29, 0.717) is 17.5 Å². The Morgan fingerprint density at radius 1 is 0.294 bits per heavy atom. The molecule has 0 aliphatic heterocycles. The van der Waals surface area contributed by atoms with Gasteiger partial charge < -0.3 is 8.98 Å². The van der Waals surface area contributed by atoms with Crippen LogP contribution < -0.4 is 0 Å². The highest BCUT2D eigenvalue weighted by Crippen LogP contribution is 2.44. The van der Waals surface area contributed by atoms with Gasteiger partial charge in [0, 0.05) is 49.7 Å². The molecule has 0 fully saturated rings. The Kier molecular flexibility index (Phi) is 7.72. The lowest BCUT2D eigenvalue weighted by atomic mass is 9.96. The van der Waals surface area contributed by atoms with Crippen LogP contribution in [0.5, 0.6) is 0 Å². The van der Waals surface area contributed by atoms with Gasteiger partial charge in [-0.05, 0) is 114 Å². The number of fused-ring (bicyclic) bond motifs is 14. The van der Waals surface area contributed by atoms with Gasteiger partial charge in [0.1, 0.15) is 11.2 Å². The molecule has 68 heavy (non-hydrogen) atoms. The zero-order valence-electron chi connectivity index (χ0n) is 36.5. The third-order valence-corrected chi connectivity index (χ3v) is 14.1. The fraction of sp³-hybridized carbons (Fsp3) is 0. The number of hydrogen-bond donors (Lipinski definition) is 0. The maximum Gasteiger partial charge on any atom is 0.164 e. The topological polar surface area (TPSA) is 56.7 Å². The van der Waals surface area contributed by atoms with Gasteiger partial charge >= 0.3 is 0 Å². The molecular weight excluding hydrogens is 829 g/mol. The van der Waals surface area contributed by atoms with Crippen molar-refractivity contribution in [2.45, 2.75) is 0 Å². The molecule has 0 bridgehead atoms. The van der Waals surface area contributed by atoms with E-state index in [4.69, 9.17) is 19.4 Å². The molecule has 15 rings (SSSR count). The number of hydrogen-bond acceptors (Lipinski definition) is 4. The number of nitrogens with zero attached hydrogens (tertiary/aromatic N) is 4. The molecule has 3 heterocycles. The van der Waals surface area contributed by atoms with Crippen LogP contribution in [-0.4, -0.2) is 19.5 Å². The SMILES string of the molecule is c1ccc2cc(-c3nc(-c4ccc5oc6cc(-n7c8cc9ccccc9cc8c8cc9ccccc9cc87)c7ccccc7c6c5c4)nc(-c4cc5ccccc5c5ccccc45)n3)ccc2c1. The molecule has 12 aromatic carbocycles. The second-order valence-corrected chi connectivity index (χ2v) is 18.0. The van der Waals surface area contributed by atoms with Gasteiger partial charge in [0.05, 0.1) is 16.7 Å². The predicted octanol–water partition coefficient (Wildman–Crippen LogP) is 16.8. The number of aromatic nitrogens is 4. The van der Waals surface area contributed by atoms with Gasteiger partial charge in [-0.1, -0.05) is 158 Å². The average molecular weight is 865 g/mol. The summed E-state index contributed by atoms with van der Waals surface area (Å²) in [4.78, 5) is 15.9. The molecular formula is C63H36N4O. The van der Waals surface area contributed by atoms with Gasteiger partial charge in [0.15, 0.2) is 17.5 Å². The van der Waals surface area contributed by atoms with E-state index in [-0.39, 0.29) is 0 Å². The molecule has 0 unspecified atom stereocenters. The highest BCUT2D eigenvalue weighted by molar-refractivity contribution is 6.23. The molecule has 3 aromatic heterocycles. The standard InChI is InChI=1S/C63H36N4O/c1-2-14-38-29-44(26-25-37(38)13-1)61-64-62(66-63(65-61)53-32-43-19-7-8-20-46(43)47-21-9-10-22-48(47)53)45-27-28-58-54(33-45)60-50-24-12-11-23-49(50)57(36-59(60)68-58)67-55-34-41-17-5-3-15-39(41)30-51(55)52-31-40-16-4-6-18-42(40)35-56(52)67/h1-36H. The highest BCUT2D eigenvalue weighted by Gasteiger charge is 2.22. The van der Waals surface area contributed by atoms with Gasteiger partial charge in [0.2, 0.25) is 0 Å². The first-order valence-electron chi connectivity index (χ1n) is 23.1. The van der Waals surface area contributed by atoms with Crippen LogP contribution in [0.2, 0.25) is 0 Å². The van der Waals surface area contributed by atoms with Crippen molar-refractivity contribution in [2.24, 2.45) is 0 Å². The van der Waals surface area contributed by atoms with E-state index in [1.807, 2.05) is 0 Å². The van der Waals surface area contributed by atoms with E-state index in [1.54, 1.807) is 0 Å². The van der Waals surface area contributed by atoms with Crippen molar-refractivity contribution in [3.63, 3.8) is 0 Å². The van der Waals surface area contributed by atoms with Crippen molar-refractivity contribution in [2.75, 3.05) is 0 Å². The van der Waals surface area contributed by atoms with Crippen LogP contribution >= 0.6 is 0 Å². The Balaban J connectivity index is 0.972. The van der Waals surface area contributed by atoms with E-state index >= 15 is 0 Å². The molecule has 0 saturated heterocycles. The summed E-state index contributed by atoms with van der Waals surface area (Å²) in [7, 11) is 0. The summed E-state index contributed by atoms with van der Waals surface area (Å²) in [5, 5.41) is 18.5. The van der Waals surface area contributed by atoms with E-state index < -0.39 is 0 Å². The van der Waals surface area contributed by atoms with Crippen LogP contribution in [0.4, 0.5) is 0 Å². The Hall–Kier alpha value is -9.19. The molecule has 5 nitrogen and oxygen atoms in total. The van der Waals surface area contributed by atoms with Crippen LogP contribution in [0.15, 0.2) is 223 Å². The molecule has 0 aliphatic carbocycles. The first-order chi connectivity index (χ1) is 33.7. The lowest BCUT2D eigenvalue weighted by molar-refractivity contribution is 0.669. The second-order valence-electron chi connectivity index (χ2n) is 18.0. The molecule has 314 valence electrons. The smallest absolute Gasteiger partial charge is 0.164 e. The first kappa shape index (κ1) is 37.1. The molecule has 0 radical (unpaired) electrons. The third kappa shape index (κ3) is 5.53. The fourth-order valence-electron chi connectivity index (χ4n) is 10.9. The number of furan rings is 1. The molecule has 0 atom stereocenters. The van der Waals surface area contributed by atoms with Crippen LogP contribution in [0.3, 0.4) is 0 Å². The molecule has 15 aromatic rings. The average Bonchev–Trinajstić information content (AvgIpc) is 3.92. The third-order valence-electron chi connectivity index (χ3n) is 14.1. The predicted molar refractivity (Wildman–Crippen MR) is 283 cm³/mol. The molecule has 0 N–H and O–H groups in total. The Bertz CT molecular complexity index is 4540. The minimum absolute atomic E-state index is 0.595. The lowest BCUT2D eigenvalue weighted by Gasteiger charge is -2.13. The summed E-state index contributed by atoms with van der Waals surface area (Å²) >= 11 is 0. The van der Waals surface area contributed by atoms with Gasteiger partial charge in [-0.2, -0.15) is 0 Å². The summed E-state index contributed by atoms with van der Waals surface area (Å²) in [6, 6.07) is 78.2. The zero-order valence-corrected chi connectivity index (χ0v) is 36.5. The minimum Gasteiger partial charge on any atom is -0.456 e. The number of rotatable bonds is 4.